The van der Waals surface area contributed by atoms with Gasteiger partial charge in [0.05, 0.1) is 5.56 Å². The molecule has 3 saturated heterocycles. The first-order valence-corrected chi connectivity index (χ1v) is 6.75. The van der Waals surface area contributed by atoms with Crippen molar-refractivity contribution in [2.45, 2.75) is 18.9 Å². The predicted molar refractivity (Wildman–Crippen MR) is 74.4 cm³/mol. The number of rotatable bonds is 3. The van der Waals surface area contributed by atoms with Gasteiger partial charge in [-0.1, -0.05) is 0 Å². The molecule has 0 saturated carbocycles. The van der Waals surface area contributed by atoms with Gasteiger partial charge < -0.3 is 21.1 Å². The number of carboxylic acids is 1. The van der Waals surface area contributed by atoms with E-state index in [1.54, 1.807) is 12.1 Å². The van der Waals surface area contributed by atoms with Crippen molar-refractivity contribution in [2.75, 3.05) is 30.7 Å². The molecule has 1 unspecified atom stereocenters. The number of hydrogen-bond acceptors (Lipinski definition) is 4. The average molecular weight is 261 g/mol. The molecule has 5 heteroatoms. The third kappa shape index (κ3) is 2.38. The van der Waals surface area contributed by atoms with Crippen molar-refractivity contribution in [1.82, 2.24) is 4.90 Å². The van der Waals surface area contributed by atoms with Crippen LogP contribution in [0.1, 0.15) is 23.2 Å². The highest BCUT2D eigenvalue weighted by Crippen LogP contribution is 2.31. The van der Waals surface area contributed by atoms with E-state index in [0.717, 1.165) is 6.54 Å². The van der Waals surface area contributed by atoms with Gasteiger partial charge in [0.2, 0.25) is 0 Å². The van der Waals surface area contributed by atoms with E-state index in [0.29, 0.717) is 23.3 Å². The summed E-state index contributed by atoms with van der Waals surface area (Å²) >= 11 is 0. The number of hydrogen-bond donors (Lipinski definition) is 3. The first kappa shape index (κ1) is 12.3. The number of carbonyl (C=O) groups is 1. The van der Waals surface area contributed by atoms with Gasteiger partial charge in [-0.3, -0.25) is 0 Å². The van der Waals surface area contributed by atoms with Crippen LogP contribution in [0, 0.1) is 5.92 Å². The molecule has 3 heterocycles. The van der Waals surface area contributed by atoms with Gasteiger partial charge in [0.1, 0.15) is 0 Å². The van der Waals surface area contributed by atoms with Crippen LogP contribution in [0.5, 0.6) is 0 Å². The van der Waals surface area contributed by atoms with Gasteiger partial charge in [-0.05, 0) is 50.0 Å². The number of nitrogens with two attached hydrogens (primary N) is 1. The highest BCUT2D eigenvalue weighted by molar-refractivity contribution is 5.95. The number of carboxylic acid groups (broad SMARTS) is 1. The van der Waals surface area contributed by atoms with Crippen molar-refractivity contribution in [2.24, 2.45) is 5.92 Å². The molecule has 0 spiro atoms. The molecule has 3 aliphatic heterocycles. The van der Waals surface area contributed by atoms with E-state index in [1.165, 1.54) is 32.0 Å². The van der Waals surface area contributed by atoms with Crippen molar-refractivity contribution in [3.63, 3.8) is 0 Å². The quantitative estimate of drug-likeness (QED) is 0.718. The molecule has 1 aromatic carbocycles. The monoisotopic (exact) mass is 261 g/mol. The minimum Gasteiger partial charge on any atom is -0.478 e. The Hall–Kier alpha value is -1.75. The molecule has 1 atom stereocenters. The first-order chi connectivity index (χ1) is 9.13. The molecule has 5 nitrogen and oxygen atoms in total. The van der Waals surface area contributed by atoms with Crippen LogP contribution in [0.2, 0.25) is 0 Å². The molecule has 0 radical (unpaired) electrons. The predicted octanol–water partition coefficient (Wildman–Crippen LogP) is 1.47. The van der Waals surface area contributed by atoms with Crippen LogP contribution in [0.4, 0.5) is 11.4 Å². The fourth-order valence-corrected chi connectivity index (χ4v) is 3.19. The van der Waals surface area contributed by atoms with E-state index in [-0.39, 0.29) is 5.56 Å². The number of fused-ring (bicyclic) bond motifs is 3. The molecule has 0 amide bonds. The maximum atomic E-state index is 11.3. The lowest BCUT2D eigenvalue weighted by Gasteiger charge is -2.45. The normalized spacial score (nSPS) is 29.2. The number of nitrogen functional groups attached to an aromatic ring is 1. The average Bonchev–Trinajstić information content (AvgIpc) is 2.42. The minimum absolute atomic E-state index is 0.261. The van der Waals surface area contributed by atoms with Gasteiger partial charge in [0, 0.05) is 24.0 Å². The molecule has 3 fully saturated rings. The second-order valence-corrected chi connectivity index (χ2v) is 5.50. The summed E-state index contributed by atoms with van der Waals surface area (Å²) in [5.41, 5.74) is 7.08. The van der Waals surface area contributed by atoms with Gasteiger partial charge in [-0.25, -0.2) is 4.79 Å². The van der Waals surface area contributed by atoms with E-state index in [2.05, 4.69) is 10.2 Å². The SMILES string of the molecule is Nc1ccc(NC2CN3CCC2CC3)c(C(=O)O)c1. The zero-order valence-corrected chi connectivity index (χ0v) is 10.8. The second kappa shape index (κ2) is 4.74. The molecule has 4 N–H and O–H groups in total. The van der Waals surface area contributed by atoms with Gasteiger partial charge in [-0.15, -0.1) is 0 Å². The van der Waals surface area contributed by atoms with Crippen molar-refractivity contribution < 1.29 is 9.90 Å². The Morgan fingerprint density at radius 2 is 2.11 bits per heavy atom. The number of aromatic carboxylic acids is 1. The summed E-state index contributed by atoms with van der Waals surface area (Å²) in [4.78, 5) is 13.7. The lowest BCUT2D eigenvalue weighted by molar-refractivity contribution is 0.0697. The van der Waals surface area contributed by atoms with E-state index >= 15 is 0 Å². The molecule has 1 aromatic rings. The molecule has 102 valence electrons. The van der Waals surface area contributed by atoms with Crippen LogP contribution < -0.4 is 11.1 Å². The Morgan fingerprint density at radius 1 is 1.37 bits per heavy atom. The maximum Gasteiger partial charge on any atom is 0.337 e. The Morgan fingerprint density at radius 3 is 2.68 bits per heavy atom. The van der Waals surface area contributed by atoms with Crippen LogP contribution >= 0.6 is 0 Å². The Labute approximate surface area is 112 Å². The highest BCUT2D eigenvalue weighted by atomic mass is 16.4. The molecule has 19 heavy (non-hydrogen) atoms. The molecule has 4 rings (SSSR count). The van der Waals surface area contributed by atoms with Gasteiger partial charge in [0.25, 0.3) is 0 Å². The lowest BCUT2D eigenvalue weighted by atomic mass is 9.84. The van der Waals surface area contributed by atoms with Gasteiger partial charge in [-0.2, -0.15) is 0 Å². The van der Waals surface area contributed by atoms with Crippen molar-refractivity contribution in [3.05, 3.63) is 23.8 Å². The molecule has 0 aromatic heterocycles. The standard InChI is InChI=1S/C14H19N3O2/c15-10-1-2-12(11(7-10)14(18)19)16-13-8-17-5-3-9(13)4-6-17/h1-2,7,9,13,16H,3-6,8,15H2,(H,18,19). The molecule has 2 bridgehead atoms. The Balaban J connectivity index is 1.81. The summed E-state index contributed by atoms with van der Waals surface area (Å²) in [7, 11) is 0. The summed E-state index contributed by atoms with van der Waals surface area (Å²) in [5.74, 6) is -0.278. The number of piperidine rings is 3. The highest BCUT2D eigenvalue weighted by Gasteiger charge is 2.34. The summed E-state index contributed by atoms with van der Waals surface area (Å²) in [6, 6.07) is 5.39. The second-order valence-electron chi connectivity index (χ2n) is 5.50. The number of nitrogens with one attached hydrogen (secondary N) is 1. The Bertz CT molecular complexity index is 495. The van der Waals surface area contributed by atoms with Gasteiger partial charge in [0.15, 0.2) is 0 Å². The largest absolute Gasteiger partial charge is 0.478 e. The molecule has 0 aliphatic carbocycles. The van der Waals surface area contributed by atoms with Crippen LogP contribution in [-0.2, 0) is 0 Å². The number of anilines is 2. The maximum absolute atomic E-state index is 11.3. The third-order valence-corrected chi connectivity index (χ3v) is 4.27. The van der Waals surface area contributed by atoms with Crippen LogP contribution in [0.3, 0.4) is 0 Å². The van der Waals surface area contributed by atoms with E-state index in [9.17, 15) is 9.90 Å². The van der Waals surface area contributed by atoms with Crippen LogP contribution in [-0.4, -0.2) is 41.7 Å². The lowest BCUT2D eigenvalue weighted by Crippen LogP contribution is -2.53. The van der Waals surface area contributed by atoms with E-state index < -0.39 is 5.97 Å². The molecular weight excluding hydrogens is 242 g/mol. The van der Waals surface area contributed by atoms with E-state index in [1.807, 2.05) is 0 Å². The number of benzene rings is 1. The minimum atomic E-state index is -0.934. The van der Waals surface area contributed by atoms with E-state index in [4.69, 9.17) is 5.73 Å². The van der Waals surface area contributed by atoms with Crippen LogP contribution in [0.15, 0.2) is 18.2 Å². The zero-order valence-electron chi connectivity index (χ0n) is 10.8. The van der Waals surface area contributed by atoms with Crippen molar-refractivity contribution in [3.8, 4) is 0 Å². The van der Waals surface area contributed by atoms with Crippen molar-refractivity contribution >= 4 is 17.3 Å². The topological polar surface area (TPSA) is 78.6 Å². The van der Waals surface area contributed by atoms with Crippen molar-refractivity contribution in [1.29, 1.82) is 0 Å². The number of nitrogens with zero attached hydrogens (tertiary/aromatic N) is 1. The summed E-state index contributed by atoms with van der Waals surface area (Å²) in [6.07, 6.45) is 2.41. The summed E-state index contributed by atoms with van der Waals surface area (Å²) in [5, 5.41) is 12.7. The smallest absolute Gasteiger partial charge is 0.337 e. The fourth-order valence-electron chi connectivity index (χ4n) is 3.19. The summed E-state index contributed by atoms with van der Waals surface area (Å²) < 4.78 is 0. The van der Waals surface area contributed by atoms with Crippen LogP contribution in [0.25, 0.3) is 0 Å². The summed E-state index contributed by atoms with van der Waals surface area (Å²) in [6.45, 7) is 3.36. The molecular formula is C14H19N3O2. The van der Waals surface area contributed by atoms with Gasteiger partial charge >= 0.3 is 5.97 Å². The third-order valence-electron chi connectivity index (χ3n) is 4.27. The molecule has 3 aliphatic rings. The zero-order chi connectivity index (χ0) is 13.4. The first-order valence-electron chi connectivity index (χ1n) is 6.75. The fraction of sp³-hybridized carbons (Fsp3) is 0.500. The Kier molecular flexibility index (Phi) is 3.06.